The standard InChI is InChI=1S/C40H59NO6/c1-3-5-7-9-11-13-15-17-19-21-31-45-39(43)37(40(44)46-32-22-20-18-16-14-12-10-8-6-4-2)33-34-23-25-35(26-24-34)38(42)47-36-27-29-41-30-28-36/h23-30,33H,3-22,31-32H2,1-2H3. The van der Waals surface area contributed by atoms with E-state index in [1.807, 2.05) is 0 Å². The van der Waals surface area contributed by atoms with Crippen LogP contribution in [0.2, 0.25) is 0 Å². The zero-order chi connectivity index (χ0) is 33.8. The number of carbonyl (C=O) groups excluding carboxylic acids is 3. The van der Waals surface area contributed by atoms with Gasteiger partial charge in [0.15, 0.2) is 0 Å². The lowest BCUT2D eigenvalue weighted by Gasteiger charge is -2.10. The number of pyridine rings is 1. The first-order valence-electron chi connectivity index (χ1n) is 18.3. The highest BCUT2D eigenvalue weighted by molar-refractivity contribution is 6.17. The first-order valence-corrected chi connectivity index (χ1v) is 18.3. The largest absolute Gasteiger partial charge is 0.462 e. The number of ether oxygens (including phenoxy) is 3. The summed E-state index contributed by atoms with van der Waals surface area (Å²) in [5, 5.41) is 0. The highest BCUT2D eigenvalue weighted by Gasteiger charge is 2.22. The van der Waals surface area contributed by atoms with Gasteiger partial charge in [0.25, 0.3) is 0 Å². The van der Waals surface area contributed by atoms with Crippen LogP contribution in [0, 0.1) is 0 Å². The number of carbonyl (C=O) groups is 3. The topological polar surface area (TPSA) is 91.8 Å². The molecule has 0 aliphatic carbocycles. The molecule has 0 atom stereocenters. The van der Waals surface area contributed by atoms with E-state index in [2.05, 4.69) is 18.8 Å². The van der Waals surface area contributed by atoms with E-state index in [0.717, 1.165) is 38.5 Å². The summed E-state index contributed by atoms with van der Waals surface area (Å²) in [6.07, 6.45) is 28.2. The first kappa shape index (κ1) is 39.7. The van der Waals surface area contributed by atoms with Gasteiger partial charge in [-0.3, -0.25) is 4.98 Å². The molecule has 1 heterocycles. The third-order valence-corrected chi connectivity index (χ3v) is 8.22. The molecule has 0 radical (unpaired) electrons. The zero-order valence-electron chi connectivity index (χ0n) is 29.1. The quantitative estimate of drug-likeness (QED) is 0.0312. The summed E-state index contributed by atoms with van der Waals surface area (Å²) in [5.41, 5.74) is 0.774. The SMILES string of the molecule is CCCCCCCCCCCCOC(=O)C(=Cc1ccc(C(=O)Oc2ccncc2)cc1)C(=O)OCCCCCCCCCCCC. The first-order chi connectivity index (χ1) is 23.0. The van der Waals surface area contributed by atoms with E-state index in [1.54, 1.807) is 48.8 Å². The summed E-state index contributed by atoms with van der Waals surface area (Å²) < 4.78 is 16.4. The van der Waals surface area contributed by atoms with Crippen LogP contribution in [0.1, 0.15) is 158 Å². The van der Waals surface area contributed by atoms with Crippen molar-refractivity contribution in [1.29, 1.82) is 0 Å². The summed E-state index contributed by atoms with van der Waals surface area (Å²) in [4.78, 5) is 42.6. The molecular formula is C40H59NO6. The predicted molar refractivity (Wildman–Crippen MR) is 189 cm³/mol. The van der Waals surface area contributed by atoms with E-state index >= 15 is 0 Å². The maximum absolute atomic E-state index is 13.1. The van der Waals surface area contributed by atoms with E-state index in [4.69, 9.17) is 14.2 Å². The summed E-state index contributed by atoms with van der Waals surface area (Å²) in [5.74, 6) is -1.49. The number of hydrogen-bond acceptors (Lipinski definition) is 7. The smallest absolute Gasteiger partial charge is 0.345 e. The van der Waals surface area contributed by atoms with E-state index in [1.165, 1.54) is 96.0 Å². The van der Waals surface area contributed by atoms with Gasteiger partial charge in [-0.1, -0.05) is 142 Å². The normalized spacial score (nSPS) is 10.8. The van der Waals surface area contributed by atoms with Crippen molar-refractivity contribution in [3.05, 3.63) is 65.5 Å². The van der Waals surface area contributed by atoms with Crippen LogP contribution < -0.4 is 4.74 Å². The van der Waals surface area contributed by atoms with Gasteiger partial charge in [0.2, 0.25) is 0 Å². The van der Waals surface area contributed by atoms with Gasteiger partial charge in [-0.05, 0) is 48.7 Å². The molecule has 1 aromatic carbocycles. The van der Waals surface area contributed by atoms with Crippen molar-refractivity contribution in [1.82, 2.24) is 4.98 Å². The molecular weight excluding hydrogens is 590 g/mol. The van der Waals surface area contributed by atoms with Crippen LogP contribution in [-0.2, 0) is 19.1 Å². The molecule has 7 nitrogen and oxygen atoms in total. The number of unbranched alkanes of at least 4 members (excludes halogenated alkanes) is 18. The maximum atomic E-state index is 13.1. The summed E-state index contributed by atoms with van der Waals surface area (Å²) >= 11 is 0. The Labute approximate surface area is 283 Å². The average Bonchev–Trinajstić information content (AvgIpc) is 3.09. The molecule has 260 valence electrons. The van der Waals surface area contributed by atoms with Crippen LogP contribution in [0.5, 0.6) is 5.75 Å². The molecule has 7 heteroatoms. The lowest BCUT2D eigenvalue weighted by Crippen LogP contribution is -2.19. The average molecular weight is 650 g/mol. The molecule has 0 saturated carbocycles. The van der Waals surface area contributed by atoms with E-state index < -0.39 is 17.9 Å². The van der Waals surface area contributed by atoms with Crippen LogP contribution in [0.3, 0.4) is 0 Å². The third kappa shape index (κ3) is 19.1. The van der Waals surface area contributed by atoms with Crippen molar-refractivity contribution in [2.24, 2.45) is 0 Å². The minimum absolute atomic E-state index is 0.142. The van der Waals surface area contributed by atoms with Crippen molar-refractivity contribution < 1.29 is 28.6 Å². The lowest BCUT2D eigenvalue weighted by molar-refractivity contribution is -0.147. The number of benzene rings is 1. The molecule has 2 rings (SSSR count). The van der Waals surface area contributed by atoms with E-state index in [-0.39, 0.29) is 18.8 Å². The van der Waals surface area contributed by atoms with Crippen molar-refractivity contribution in [2.45, 2.75) is 142 Å². The Kier molecular flexibility index (Phi) is 22.4. The Hall–Kier alpha value is -3.48. The Morgan fingerprint density at radius 1 is 0.553 bits per heavy atom. The van der Waals surface area contributed by atoms with Gasteiger partial charge >= 0.3 is 17.9 Å². The predicted octanol–water partition coefficient (Wildman–Crippen LogP) is 10.6. The fourth-order valence-electron chi connectivity index (χ4n) is 5.32. The van der Waals surface area contributed by atoms with Crippen LogP contribution in [0.15, 0.2) is 54.4 Å². The van der Waals surface area contributed by atoms with Crippen LogP contribution >= 0.6 is 0 Å². The summed E-state index contributed by atoms with van der Waals surface area (Å²) in [6, 6.07) is 9.71. The van der Waals surface area contributed by atoms with Gasteiger partial charge in [0.1, 0.15) is 11.3 Å². The van der Waals surface area contributed by atoms with Gasteiger partial charge in [0, 0.05) is 12.4 Å². The minimum Gasteiger partial charge on any atom is -0.462 e. The number of esters is 3. The maximum Gasteiger partial charge on any atom is 0.345 e. The molecule has 0 aliphatic heterocycles. The summed E-state index contributed by atoms with van der Waals surface area (Å²) in [7, 11) is 0. The molecule has 0 unspecified atom stereocenters. The molecule has 0 bridgehead atoms. The Morgan fingerprint density at radius 3 is 1.38 bits per heavy atom. The number of aromatic nitrogens is 1. The lowest BCUT2D eigenvalue weighted by atomic mass is 10.1. The second kappa shape index (κ2) is 26.6. The van der Waals surface area contributed by atoms with Gasteiger partial charge in [-0.2, -0.15) is 0 Å². The van der Waals surface area contributed by atoms with Crippen molar-refractivity contribution in [2.75, 3.05) is 13.2 Å². The molecule has 0 amide bonds. The van der Waals surface area contributed by atoms with Crippen LogP contribution in [0.4, 0.5) is 0 Å². The monoisotopic (exact) mass is 649 g/mol. The molecule has 1 aromatic heterocycles. The van der Waals surface area contributed by atoms with Crippen molar-refractivity contribution in [3.63, 3.8) is 0 Å². The number of nitrogens with zero attached hydrogens (tertiary/aromatic N) is 1. The molecule has 0 spiro atoms. The molecule has 0 N–H and O–H groups in total. The Bertz CT molecular complexity index is 1110. The van der Waals surface area contributed by atoms with Gasteiger partial charge in [-0.15, -0.1) is 0 Å². The van der Waals surface area contributed by atoms with E-state index in [0.29, 0.717) is 16.9 Å². The van der Waals surface area contributed by atoms with Crippen molar-refractivity contribution in [3.8, 4) is 5.75 Å². The second-order valence-electron chi connectivity index (χ2n) is 12.4. The van der Waals surface area contributed by atoms with Gasteiger partial charge in [-0.25, -0.2) is 14.4 Å². The molecule has 0 saturated heterocycles. The fraction of sp³-hybridized carbons (Fsp3) is 0.600. The van der Waals surface area contributed by atoms with Gasteiger partial charge in [0.05, 0.1) is 18.8 Å². The van der Waals surface area contributed by atoms with Gasteiger partial charge < -0.3 is 14.2 Å². The Morgan fingerprint density at radius 2 is 0.957 bits per heavy atom. The van der Waals surface area contributed by atoms with E-state index in [9.17, 15) is 14.4 Å². The van der Waals surface area contributed by atoms with Crippen LogP contribution in [0.25, 0.3) is 6.08 Å². The fourth-order valence-corrected chi connectivity index (χ4v) is 5.32. The van der Waals surface area contributed by atoms with Crippen molar-refractivity contribution >= 4 is 24.0 Å². The number of rotatable bonds is 27. The number of hydrogen-bond donors (Lipinski definition) is 0. The highest BCUT2D eigenvalue weighted by Crippen LogP contribution is 2.17. The molecule has 0 fully saturated rings. The second-order valence-corrected chi connectivity index (χ2v) is 12.4. The van der Waals surface area contributed by atoms with Crippen LogP contribution in [-0.4, -0.2) is 36.1 Å². The molecule has 47 heavy (non-hydrogen) atoms. The molecule has 2 aromatic rings. The zero-order valence-corrected chi connectivity index (χ0v) is 29.1. The molecule has 0 aliphatic rings. The summed E-state index contributed by atoms with van der Waals surface area (Å²) in [6.45, 7) is 4.99. The highest BCUT2D eigenvalue weighted by atomic mass is 16.6. The Balaban J connectivity index is 1.86. The minimum atomic E-state index is -0.685. The third-order valence-electron chi connectivity index (χ3n) is 8.22.